The first-order valence-electron chi connectivity index (χ1n) is 31.6. The van der Waals surface area contributed by atoms with Crippen LogP contribution < -0.4 is 18.3 Å². The van der Waals surface area contributed by atoms with Crippen LogP contribution in [-0.2, 0) is 28.2 Å². The first-order valence-corrected chi connectivity index (χ1v) is 31.6. The second-order valence-corrected chi connectivity index (χ2v) is 25.0. The van der Waals surface area contributed by atoms with Crippen LogP contribution in [0.4, 0.5) is 17.1 Å². The van der Waals surface area contributed by atoms with E-state index >= 15 is 0 Å². The Kier molecular flexibility index (Phi) is 16.4. The minimum Gasteiger partial charge on any atom is -0.467 e. The van der Waals surface area contributed by atoms with Gasteiger partial charge in [0.1, 0.15) is 73.3 Å². The Labute approximate surface area is 556 Å². The maximum Gasteiger partial charge on any atom is 0.243 e. The number of furan rings is 4. The fourth-order valence-electron chi connectivity index (χ4n) is 13.0. The summed E-state index contributed by atoms with van der Waals surface area (Å²) in [5.74, 6) is 0. The second-order valence-electron chi connectivity index (χ2n) is 25.0. The molecule has 0 radical (unpaired) electrons. The van der Waals surface area contributed by atoms with Crippen molar-refractivity contribution in [1.82, 2.24) is 0 Å². The zero-order chi connectivity index (χ0) is 67.4. The maximum absolute atomic E-state index is 9.30. The molecule has 0 aliphatic carbocycles. The molecule has 0 N–H and O–H groups in total. The predicted octanol–water partition coefficient (Wildman–Crippen LogP) is 20.3. The highest BCUT2D eigenvalue weighted by Crippen LogP contribution is 2.44. The molecule has 0 spiro atoms. The normalized spacial score (nSPS) is 11.1. The molecular weight excluding hydrogens is 1180 g/mol. The van der Waals surface area contributed by atoms with E-state index in [0.717, 1.165) is 99.0 Å². The van der Waals surface area contributed by atoms with Gasteiger partial charge in [-0.1, -0.05) is 48.5 Å². The Morgan fingerprint density at radius 3 is 1.29 bits per heavy atom. The Morgan fingerprint density at radius 1 is 0.333 bits per heavy atom. The molecule has 8 aromatic heterocycles. The summed E-state index contributed by atoms with van der Waals surface area (Å²) < 4.78 is 32.4. The van der Waals surface area contributed by atoms with E-state index in [-0.39, 0.29) is 0 Å². The molecule has 0 bridgehead atoms. The minimum absolute atomic E-state index is 0.573. The highest BCUT2D eigenvalue weighted by Gasteiger charge is 2.25. The van der Waals surface area contributed by atoms with Gasteiger partial charge < -0.3 is 17.7 Å². The van der Waals surface area contributed by atoms with Gasteiger partial charge in [0.2, 0.25) is 28.5 Å². The van der Waals surface area contributed by atoms with Gasteiger partial charge in [-0.15, -0.1) is 0 Å². The predicted molar refractivity (Wildman–Crippen MR) is 383 cm³/mol. The molecule has 16 aromatic rings. The van der Waals surface area contributed by atoms with Crippen molar-refractivity contribution in [3.63, 3.8) is 0 Å². The Morgan fingerprint density at radius 2 is 0.750 bits per heavy atom. The number of nitrogens with zero attached hydrogens (tertiary/aromatic N) is 8. The molecule has 0 amide bonds. The first-order chi connectivity index (χ1) is 46.3. The fourth-order valence-corrected chi connectivity index (χ4v) is 13.0. The molecule has 0 aliphatic heterocycles. The summed E-state index contributed by atoms with van der Waals surface area (Å²) in [6.45, 7) is 38.9. The fraction of sp³-hybridized carbons (Fsp3) is 0.143. The molecular formula is C84H68N8O4+4. The molecule has 12 nitrogen and oxygen atoms in total. The number of hydrogen-bond donors (Lipinski definition) is 0. The van der Waals surface area contributed by atoms with E-state index in [1.54, 1.807) is 12.1 Å². The number of rotatable bonds is 4. The molecule has 464 valence electrons. The average Bonchev–Trinajstić information content (AvgIpc) is 1.65. The van der Waals surface area contributed by atoms with Crippen molar-refractivity contribution in [2.24, 2.45) is 28.2 Å². The van der Waals surface area contributed by atoms with Gasteiger partial charge in [0, 0.05) is 108 Å². The van der Waals surface area contributed by atoms with Crippen LogP contribution in [0.15, 0.2) is 212 Å². The van der Waals surface area contributed by atoms with Crippen LogP contribution in [0.5, 0.6) is 0 Å². The van der Waals surface area contributed by atoms with E-state index in [1.807, 2.05) is 80.0 Å². The number of hydrogen-bond acceptors (Lipinski definition) is 5. The third kappa shape index (κ3) is 11.5. The topological polar surface area (TPSA) is 105 Å². The van der Waals surface area contributed by atoms with Crippen LogP contribution in [0.25, 0.3) is 147 Å². The van der Waals surface area contributed by atoms with E-state index in [2.05, 4.69) is 225 Å². The summed E-state index contributed by atoms with van der Waals surface area (Å²) in [6, 6.07) is 59.1. The van der Waals surface area contributed by atoms with Crippen LogP contribution >= 0.6 is 0 Å². The van der Waals surface area contributed by atoms with Crippen molar-refractivity contribution < 1.29 is 35.9 Å². The smallest absolute Gasteiger partial charge is 0.243 e. The van der Waals surface area contributed by atoms with Gasteiger partial charge in [-0.2, -0.15) is 5.26 Å². The van der Waals surface area contributed by atoms with E-state index < -0.39 is 0 Å². The lowest BCUT2D eigenvalue weighted by atomic mass is 9.98. The van der Waals surface area contributed by atoms with Crippen molar-refractivity contribution in [2.75, 3.05) is 0 Å². The number of nitriles is 1. The average molecular weight is 1250 g/mol. The minimum atomic E-state index is 0.573. The van der Waals surface area contributed by atoms with E-state index in [1.165, 1.54) is 67.2 Å². The Hall–Kier alpha value is -12.5. The summed E-state index contributed by atoms with van der Waals surface area (Å²) in [6.07, 6.45) is 8.28. The third-order valence-electron chi connectivity index (χ3n) is 18.1. The standard InChI is InChI=1S/4C21H17N2O/c1-13-7-8-23(4)19(9-13)16-12-18-17-11-15(22-3)5-6-20(17)24-21(18)10-14(16)2;1-13-7-8-23(4)19(9-13)17-12-18-16-6-5-15(22-3)11-21(16)24-20(18)10-14(17)2;1-13-9-10-23(4)17(11-13)19-14(2)12-16-15-7-5-6-8-18(15)24-21(16)20(19)22-3;1-13-7-8-23(3)19(9-13)17-11-18-16-6-4-5-15(12-22)21(16)24-20(18)10-14(17)2/h3*5-12H,1-2,4H3;4-11H,1-3H3/q4*+1. The highest BCUT2D eigenvalue weighted by atomic mass is 16.3. The number of aryl methyl sites for hydroxylation is 12. The molecule has 8 heterocycles. The Bertz CT molecular complexity index is 5990. The third-order valence-corrected chi connectivity index (χ3v) is 18.1. The monoisotopic (exact) mass is 1250 g/mol. The van der Waals surface area contributed by atoms with Gasteiger partial charge >= 0.3 is 0 Å². The van der Waals surface area contributed by atoms with Gasteiger partial charge in [0.15, 0.2) is 41.7 Å². The van der Waals surface area contributed by atoms with E-state index in [9.17, 15) is 5.26 Å². The zero-order valence-corrected chi connectivity index (χ0v) is 55.7. The lowest BCUT2D eigenvalue weighted by Crippen LogP contribution is -2.30. The van der Waals surface area contributed by atoms with Crippen molar-refractivity contribution in [3.05, 3.63) is 279 Å². The summed E-state index contributed by atoms with van der Waals surface area (Å²) in [5.41, 5.74) is 27.2. The molecule has 0 atom stereocenters. The van der Waals surface area contributed by atoms with Crippen LogP contribution in [0.1, 0.15) is 50.1 Å². The molecule has 0 fully saturated rings. The molecule has 12 heteroatoms. The lowest BCUT2D eigenvalue weighted by molar-refractivity contribution is -0.660. The quantitative estimate of drug-likeness (QED) is 0.129. The molecule has 16 rings (SSSR count). The van der Waals surface area contributed by atoms with Gasteiger partial charge in [0.25, 0.3) is 0 Å². The van der Waals surface area contributed by atoms with E-state index in [0.29, 0.717) is 33.8 Å². The van der Waals surface area contributed by atoms with Gasteiger partial charge in [-0.3, -0.25) is 0 Å². The largest absolute Gasteiger partial charge is 0.467 e. The molecule has 0 aliphatic rings. The Balaban J connectivity index is 0.000000116. The van der Waals surface area contributed by atoms with Gasteiger partial charge in [-0.25, -0.2) is 32.8 Å². The summed E-state index contributed by atoms with van der Waals surface area (Å²) in [7, 11) is 8.18. The number of para-hydroxylation sites is 2. The summed E-state index contributed by atoms with van der Waals surface area (Å²) in [5, 5.41) is 17.6. The van der Waals surface area contributed by atoms with Crippen LogP contribution in [0.3, 0.4) is 0 Å². The molecule has 0 unspecified atom stereocenters. The summed E-state index contributed by atoms with van der Waals surface area (Å²) in [4.78, 5) is 10.9. The number of benzene rings is 8. The second kappa shape index (κ2) is 25.2. The molecule has 0 saturated heterocycles. The number of aromatic nitrogens is 4. The SMILES string of the molecule is Cc1cc[n+](C)c(-c2cc3c(cc2C)oc2c(C#N)cccc23)c1.[C-]#[N+]c1c(-c2cc(C)cc[n+]2C)c(C)cc2c1oc1ccccc12.[C-]#[N+]c1ccc2c(c1)oc1cc(C)c(-c3cc(C)cc[n+]3C)cc12.[C-]#[N+]c1ccc2oc3cc(C)c(-c4cc(C)cc[n+]4C)cc3c2c1. The number of pyridine rings is 4. The molecule has 96 heavy (non-hydrogen) atoms. The first kappa shape index (κ1) is 62.3. The lowest BCUT2D eigenvalue weighted by Gasteiger charge is -2.08. The van der Waals surface area contributed by atoms with Crippen LogP contribution in [-0.4, -0.2) is 0 Å². The van der Waals surface area contributed by atoms with Crippen molar-refractivity contribution in [1.29, 1.82) is 5.26 Å². The summed E-state index contributed by atoms with van der Waals surface area (Å²) >= 11 is 0. The number of fused-ring (bicyclic) bond motifs is 12. The molecule has 8 aromatic carbocycles. The maximum atomic E-state index is 9.30. The molecule has 0 saturated carbocycles. The zero-order valence-electron chi connectivity index (χ0n) is 55.7. The van der Waals surface area contributed by atoms with Gasteiger partial charge in [0.05, 0.1) is 30.8 Å². The van der Waals surface area contributed by atoms with Crippen LogP contribution in [0, 0.1) is 86.4 Å². The van der Waals surface area contributed by atoms with Gasteiger partial charge in [-0.05, 0) is 173 Å². The van der Waals surface area contributed by atoms with E-state index in [4.69, 9.17) is 37.4 Å². The highest BCUT2D eigenvalue weighted by molar-refractivity contribution is 6.13. The van der Waals surface area contributed by atoms with Crippen molar-refractivity contribution in [2.45, 2.75) is 55.4 Å². The van der Waals surface area contributed by atoms with Crippen molar-refractivity contribution in [3.8, 4) is 51.1 Å². The van der Waals surface area contributed by atoms with Crippen molar-refractivity contribution >= 4 is 105 Å². The van der Waals surface area contributed by atoms with Crippen LogP contribution in [0.2, 0.25) is 0 Å².